The van der Waals surface area contributed by atoms with Crippen LogP contribution in [0.5, 0.6) is 0 Å². The van der Waals surface area contributed by atoms with Crippen molar-refractivity contribution in [3.63, 3.8) is 0 Å². The number of hydrogen-bond acceptors (Lipinski definition) is 3. The Morgan fingerprint density at radius 2 is 2.14 bits per heavy atom. The molecule has 0 bridgehead atoms. The average molecular weight is 259 g/mol. The summed E-state index contributed by atoms with van der Waals surface area (Å²) in [6.45, 7) is 1.95. The first-order valence-electron chi connectivity index (χ1n) is 4.42. The monoisotopic (exact) mass is 258 g/mol. The third kappa shape index (κ3) is 2.47. The summed E-state index contributed by atoms with van der Waals surface area (Å²) in [7, 11) is 0. The van der Waals surface area contributed by atoms with Gasteiger partial charge >= 0.3 is 0 Å². The van der Waals surface area contributed by atoms with E-state index in [2.05, 4.69) is 15.9 Å². The Morgan fingerprint density at radius 1 is 1.50 bits per heavy atom. The largest absolute Gasteiger partial charge is 0.398 e. The second-order valence-corrected chi connectivity index (χ2v) is 4.48. The van der Waals surface area contributed by atoms with E-state index in [0.717, 1.165) is 10.0 Å². The fourth-order valence-electron chi connectivity index (χ4n) is 1.28. The first-order valence-corrected chi connectivity index (χ1v) is 5.22. The zero-order valence-corrected chi connectivity index (χ0v) is 9.71. The van der Waals surface area contributed by atoms with Crippen LogP contribution in [0.3, 0.4) is 0 Å². The number of hydrogen-bond donors (Lipinski definition) is 3. The normalized spacial score (nSPS) is 15.1. The van der Waals surface area contributed by atoms with Crippen molar-refractivity contribution < 1.29 is 5.11 Å². The van der Waals surface area contributed by atoms with Crippen molar-refractivity contribution in [1.29, 1.82) is 0 Å². The van der Waals surface area contributed by atoms with Crippen molar-refractivity contribution in [2.75, 3.05) is 12.3 Å². The zero-order valence-electron chi connectivity index (χ0n) is 8.13. The molecule has 1 aromatic carbocycles. The minimum absolute atomic E-state index is 0.0724. The maximum absolute atomic E-state index is 8.87. The van der Waals surface area contributed by atoms with Crippen molar-refractivity contribution in [3.8, 4) is 0 Å². The van der Waals surface area contributed by atoms with E-state index < -0.39 is 5.54 Å². The van der Waals surface area contributed by atoms with Crippen LogP contribution in [0, 0.1) is 0 Å². The average Bonchev–Trinajstić information content (AvgIpc) is 2.09. The summed E-state index contributed by atoms with van der Waals surface area (Å²) in [6, 6.07) is 5.61. The molecule has 0 radical (unpaired) electrons. The van der Waals surface area contributed by atoms with Crippen LogP contribution in [-0.2, 0) is 5.54 Å². The number of nitrogen functional groups attached to an aromatic ring is 1. The lowest BCUT2D eigenvalue weighted by Crippen LogP contribution is -2.34. The standard InChI is InChI=1S/C10H15BrN2O/c1-10(13,4-5-14)7-2-3-8(11)9(12)6-7/h2-3,6,14H,4-5,12-13H2,1H3/t10-/m0/s1. The first-order chi connectivity index (χ1) is 6.47. The summed E-state index contributed by atoms with van der Waals surface area (Å²) in [4.78, 5) is 0. The molecule has 0 aliphatic rings. The molecule has 0 spiro atoms. The Kier molecular flexibility index (Phi) is 3.53. The van der Waals surface area contributed by atoms with Crippen molar-refractivity contribution in [2.45, 2.75) is 18.9 Å². The van der Waals surface area contributed by atoms with Crippen LogP contribution in [0.1, 0.15) is 18.9 Å². The third-order valence-corrected chi connectivity index (χ3v) is 3.01. The molecule has 0 fully saturated rings. The molecule has 0 saturated heterocycles. The van der Waals surface area contributed by atoms with Crippen LogP contribution in [0.25, 0.3) is 0 Å². The molecule has 0 aromatic heterocycles. The van der Waals surface area contributed by atoms with Crippen LogP contribution in [0.2, 0.25) is 0 Å². The molecule has 1 atom stereocenters. The van der Waals surface area contributed by atoms with Crippen molar-refractivity contribution in [1.82, 2.24) is 0 Å². The molecule has 3 nitrogen and oxygen atoms in total. The van der Waals surface area contributed by atoms with Gasteiger partial charge in [-0.2, -0.15) is 0 Å². The van der Waals surface area contributed by atoms with Crippen LogP contribution in [0.4, 0.5) is 5.69 Å². The Morgan fingerprint density at radius 3 is 2.64 bits per heavy atom. The van der Waals surface area contributed by atoms with Gasteiger partial charge in [-0.15, -0.1) is 0 Å². The Bertz CT molecular complexity index is 326. The lowest BCUT2D eigenvalue weighted by atomic mass is 9.90. The van der Waals surface area contributed by atoms with Crippen molar-refractivity contribution in [3.05, 3.63) is 28.2 Å². The molecule has 0 aliphatic heterocycles. The number of aliphatic hydroxyl groups excluding tert-OH is 1. The smallest absolute Gasteiger partial charge is 0.0461 e. The van der Waals surface area contributed by atoms with Gasteiger partial charge in [-0.25, -0.2) is 0 Å². The van der Waals surface area contributed by atoms with E-state index in [0.29, 0.717) is 12.1 Å². The second-order valence-electron chi connectivity index (χ2n) is 3.63. The Labute approximate surface area is 92.2 Å². The van der Waals surface area contributed by atoms with E-state index >= 15 is 0 Å². The van der Waals surface area contributed by atoms with Crippen LogP contribution >= 0.6 is 15.9 Å². The number of halogens is 1. The first kappa shape index (κ1) is 11.5. The molecule has 0 heterocycles. The number of aliphatic hydroxyl groups is 1. The molecule has 4 heteroatoms. The zero-order chi connectivity index (χ0) is 10.8. The molecule has 1 aromatic rings. The van der Waals surface area contributed by atoms with Gasteiger partial charge in [0, 0.05) is 22.3 Å². The summed E-state index contributed by atoms with van der Waals surface area (Å²) >= 11 is 3.32. The highest BCUT2D eigenvalue weighted by Gasteiger charge is 2.20. The molecule has 0 aliphatic carbocycles. The van der Waals surface area contributed by atoms with Gasteiger partial charge in [-0.3, -0.25) is 0 Å². The van der Waals surface area contributed by atoms with Crippen molar-refractivity contribution >= 4 is 21.6 Å². The molecular weight excluding hydrogens is 244 g/mol. The van der Waals surface area contributed by atoms with E-state index in [1.807, 2.05) is 25.1 Å². The molecule has 0 unspecified atom stereocenters. The van der Waals surface area contributed by atoms with Crippen LogP contribution < -0.4 is 11.5 Å². The molecule has 0 amide bonds. The predicted molar refractivity (Wildman–Crippen MR) is 61.8 cm³/mol. The highest BCUT2D eigenvalue weighted by atomic mass is 79.9. The SMILES string of the molecule is C[C@](N)(CCO)c1ccc(Br)c(N)c1. The Balaban J connectivity index is 3.01. The van der Waals surface area contributed by atoms with Gasteiger partial charge in [0.15, 0.2) is 0 Å². The number of benzene rings is 1. The fraction of sp³-hybridized carbons (Fsp3) is 0.400. The highest BCUT2D eigenvalue weighted by molar-refractivity contribution is 9.10. The van der Waals surface area contributed by atoms with Gasteiger partial charge in [-0.05, 0) is 47.0 Å². The fourth-order valence-corrected chi connectivity index (χ4v) is 1.52. The topological polar surface area (TPSA) is 72.3 Å². The summed E-state index contributed by atoms with van der Waals surface area (Å²) in [6.07, 6.45) is 0.522. The van der Waals surface area contributed by atoms with E-state index in [-0.39, 0.29) is 6.61 Å². The molecule has 14 heavy (non-hydrogen) atoms. The number of nitrogens with two attached hydrogens (primary N) is 2. The minimum atomic E-state index is -0.524. The predicted octanol–water partition coefficient (Wildman–Crippen LogP) is 1.59. The van der Waals surface area contributed by atoms with E-state index in [9.17, 15) is 0 Å². The lowest BCUT2D eigenvalue weighted by molar-refractivity contribution is 0.247. The third-order valence-electron chi connectivity index (χ3n) is 2.29. The molecule has 5 N–H and O–H groups in total. The van der Waals surface area contributed by atoms with E-state index in [1.54, 1.807) is 0 Å². The van der Waals surface area contributed by atoms with E-state index in [4.69, 9.17) is 16.6 Å². The molecule has 1 rings (SSSR count). The minimum Gasteiger partial charge on any atom is -0.398 e. The van der Waals surface area contributed by atoms with Gasteiger partial charge in [0.25, 0.3) is 0 Å². The molecular formula is C10H15BrN2O. The quantitative estimate of drug-likeness (QED) is 0.722. The van der Waals surface area contributed by atoms with Gasteiger partial charge < -0.3 is 16.6 Å². The summed E-state index contributed by atoms with van der Waals surface area (Å²) in [5.41, 5.74) is 12.9. The maximum Gasteiger partial charge on any atom is 0.0461 e. The number of rotatable bonds is 3. The lowest BCUT2D eigenvalue weighted by Gasteiger charge is -2.24. The van der Waals surface area contributed by atoms with Gasteiger partial charge in [-0.1, -0.05) is 6.07 Å². The van der Waals surface area contributed by atoms with Gasteiger partial charge in [0.05, 0.1) is 0 Å². The van der Waals surface area contributed by atoms with E-state index in [1.165, 1.54) is 0 Å². The Hall–Kier alpha value is -0.580. The number of anilines is 1. The van der Waals surface area contributed by atoms with Crippen LogP contribution in [-0.4, -0.2) is 11.7 Å². The second kappa shape index (κ2) is 4.29. The maximum atomic E-state index is 8.87. The summed E-state index contributed by atoms with van der Waals surface area (Å²) in [5, 5.41) is 8.87. The summed E-state index contributed by atoms with van der Waals surface area (Å²) in [5.74, 6) is 0. The van der Waals surface area contributed by atoms with Gasteiger partial charge in [0.1, 0.15) is 0 Å². The highest BCUT2D eigenvalue weighted by Crippen LogP contribution is 2.27. The van der Waals surface area contributed by atoms with Crippen LogP contribution in [0.15, 0.2) is 22.7 Å². The summed E-state index contributed by atoms with van der Waals surface area (Å²) < 4.78 is 0.862. The van der Waals surface area contributed by atoms with Crippen molar-refractivity contribution in [2.24, 2.45) is 5.73 Å². The molecule has 0 saturated carbocycles. The molecule has 78 valence electrons. The van der Waals surface area contributed by atoms with Gasteiger partial charge in [0.2, 0.25) is 0 Å².